The van der Waals surface area contributed by atoms with Gasteiger partial charge < -0.3 is 10.4 Å². The summed E-state index contributed by atoms with van der Waals surface area (Å²) in [5, 5.41) is 23.6. The Kier molecular flexibility index (Phi) is 4.57. The molecule has 108 valence electrons. The van der Waals surface area contributed by atoms with E-state index in [1.54, 1.807) is 0 Å². The smallest absolute Gasteiger partial charge is 0.283 e. The number of halogens is 1. The monoisotopic (exact) mass is 298 g/mol. The molecule has 0 spiro atoms. The van der Waals surface area contributed by atoms with Crippen LogP contribution in [0.25, 0.3) is 0 Å². The summed E-state index contributed by atoms with van der Waals surface area (Å²) in [5.41, 5.74) is -0.377. The van der Waals surface area contributed by atoms with Crippen LogP contribution in [0.3, 0.4) is 0 Å². The summed E-state index contributed by atoms with van der Waals surface area (Å²) in [4.78, 5) is 22.4. The van der Waals surface area contributed by atoms with E-state index in [2.05, 4.69) is 5.32 Å². The van der Waals surface area contributed by atoms with Gasteiger partial charge >= 0.3 is 0 Å². The Morgan fingerprint density at radius 2 is 2.10 bits per heavy atom. The van der Waals surface area contributed by atoms with E-state index in [9.17, 15) is 20.0 Å². The molecule has 2 rings (SSSR count). The fourth-order valence-corrected chi connectivity index (χ4v) is 2.54. The molecule has 2 atom stereocenters. The molecule has 1 saturated carbocycles. The number of aliphatic hydroxyl groups excluding tert-OH is 1. The highest BCUT2D eigenvalue weighted by Gasteiger charge is 2.27. The number of aliphatic hydroxyl groups is 1. The minimum absolute atomic E-state index is 0.0443. The van der Waals surface area contributed by atoms with Crippen molar-refractivity contribution >= 4 is 23.2 Å². The molecule has 7 heteroatoms. The first-order valence-electron chi connectivity index (χ1n) is 6.42. The molecule has 0 aromatic heterocycles. The van der Waals surface area contributed by atoms with Crippen molar-refractivity contribution in [3.8, 4) is 0 Å². The van der Waals surface area contributed by atoms with Gasteiger partial charge in [-0.25, -0.2) is 0 Å². The quantitative estimate of drug-likeness (QED) is 0.661. The van der Waals surface area contributed by atoms with Gasteiger partial charge in [0.2, 0.25) is 0 Å². The van der Waals surface area contributed by atoms with E-state index in [4.69, 9.17) is 11.6 Å². The summed E-state index contributed by atoms with van der Waals surface area (Å²) in [5.74, 6) is -0.556. The lowest BCUT2D eigenvalue weighted by Crippen LogP contribution is -2.45. The van der Waals surface area contributed by atoms with E-state index in [0.717, 1.165) is 18.9 Å². The van der Waals surface area contributed by atoms with Crippen molar-refractivity contribution in [3.63, 3.8) is 0 Å². The van der Waals surface area contributed by atoms with Gasteiger partial charge in [-0.2, -0.15) is 0 Å². The molecule has 1 fully saturated rings. The predicted octanol–water partition coefficient (Wildman–Crippen LogP) is 2.28. The molecule has 20 heavy (non-hydrogen) atoms. The topological polar surface area (TPSA) is 92.5 Å². The molecule has 2 unspecified atom stereocenters. The number of amides is 1. The van der Waals surface area contributed by atoms with Crippen molar-refractivity contribution < 1.29 is 14.8 Å². The van der Waals surface area contributed by atoms with Crippen LogP contribution in [0.2, 0.25) is 5.02 Å². The van der Waals surface area contributed by atoms with Gasteiger partial charge in [-0.1, -0.05) is 24.4 Å². The number of carbonyl (C=O) groups is 1. The lowest BCUT2D eigenvalue weighted by Gasteiger charge is -2.28. The van der Waals surface area contributed by atoms with Crippen molar-refractivity contribution in [1.82, 2.24) is 5.32 Å². The molecule has 1 aliphatic carbocycles. The zero-order valence-corrected chi connectivity index (χ0v) is 11.5. The van der Waals surface area contributed by atoms with Crippen LogP contribution < -0.4 is 5.32 Å². The number of hydrogen-bond acceptors (Lipinski definition) is 4. The van der Waals surface area contributed by atoms with E-state index < -0.39 is 16.9 Å². The Morgan fingerprint density at radius 3 is 2.75 bits per heavy atom. The summed E-state index contributed by atoms with van der Waals surface area (Å²) in [6.45, 7) is 0. The average molecular weight is 299 g/mol. The molecule has 0 heterocycles. The molecule has 1 amide bonds. The third-order valence-corrected chi connectivity index (χ3v) is 3.68. The number of rotatable bonds is 3. The normalized spacial score (nSPS) is 22.3. The largest absolute Gasteiger partial charge is 0.391 e. The zero-order valence-electron chi connectivity index (χ0n) is 10.7. The van der Waals surface area contributed by atoms with Crippen molar-refractivity contribution in [2.24, 2.45) is 0 Å². The van der Waals surface area contributed by atoms with Crippen LogP contribution in [0.4, 0.5) is 5.69 Å². The second kappa shape index (κ2) is 6.19. The molecule has 0 aliphatic heterocycles. The van der Waals surface area contributed by atoms with Gasteiger partial charge in [0.05, 0.1) is 17.1 Å². The van der Waals surface area contributed by atoms with E-state index in [1.165, 1.54) is 12.1 Å². The van der Waals surface area contributed by atoms with Crippen molar-refractivity contribution in [2.75, 3.05) is 0 Å². The van der Waals surface area contributed by atoms with Crippen LogP contribution in [0.5, 0.6) is 0 Å². The van der Waals surface area contributed by atoms with Crippen LogP contribution in [-0.2, 0) is 0 Å². The first kappa shape index (κ1) is 14.7. The molecular weight excluding hydrogens is 284 g/mol. The molecule has 2 N–H and O–H groups in total. The van der Waals surface area contributed by atoms with Crippen LogP contribution in [0, 0.1) is 10.1 Å². The lowest BCUT2D eigenvalue weighted by molar-refractivity contribution is -0.385. The lowest BCUT2D eigenvalue weighted by atomic mass is 9.92. The highest BCUT2D eigenvalue weighted by atomic mass is 35.5. The first-order chi connectivity index (χ1) is 9.49. The number of nitrogens with zero attached hydrogens (tertiary/aromatic N) is 1. The minimum Gasteiger partial charge on any atom is -0.391 e. The average Bonchev–Trinajstić information content (AvgIpc) is 2.41. The Hall–Kier alpha value is -1.66. The Labute approximate surface area is 120 Å². The molecule has 1 aliphatic rings. The van der Waals surface area contributed by atoms with Gasteiger partial charge in [0, 0.05) is 11.1 Å². The summed E-state index contributed by atoms with van der Waals surface area (Å²) in [6.07, 6.45) is 2.56. The molecule has 0 bridgehead atoms. The zero-order chi connectivity index (χ0) is 14.7. The van der Waals surface area contributed by atoms with Crippen molar-refractivity contribution in [1.29, 1.82) is 0 Å². The molecular formula is C13H15ClN2O4. The molecule has 0 saturated heterocycles. The number of hydrogen-bond donors (Lipinski definition) is 2. The van der Waals surface area contributed by atoms with Gasteiger partial charge in [-0.15, -0.1) is 0 Å². The number of nitrogens with one attached hydrogen (secondary N) is 1. The first-order valence-corrected chi connectivity index (χ1v) is 6.79. The third-order valence-electron chi connectivity index (χ3n) is 3.45. The van der Waals surface area contributed by atoms with Gasteiger partial charge in [0.25, 0.3) is 11.6 Å². The molecule has 1 aromatic rings. The minimum atomic E-state index is -0.641. The Balaban J connectivity index is 2.18. The van der Waals surface area contributed by atoms with Crippen LogP contribution in [0.15, 0.2) is 18.2 Å². The van der Waals surface area contributed by atoms with E-state index >= 15 is 0 Å². The third kappa shape index (κ3) is 3.26. The number of benzene rings is 1. The van der Waals surface area contributed by atoms with Gasteiger partial charge in [0.1, 0.15) is 5.56 Å². The molecule has 1 aromatic carbocycles. The maximum atomic E-state index is 12.1. The maximum absolute atomic E-state index is 12.1. The van der Waals surface area contributed by atoms with E-state index in [-0.39, 0.29) is 22.3 Å². The van der Waals surface area contributed by atoms with Gasteiger partial charge in [0.15, 0.2) is 0 Å². The van der Waals surface area contributed by atoms with Crippen LogP contribution in [-0.4, -0.2) is 28.1 Å². The Bertz CT molecular complexity index is 535. The SMILES string of the molecule is O=C(NC1CCCCC1O)c1ccc(Cl)cc1[N+](=O)[O-]. The number of nitro benzene ring substituents is 1. The summed E-state index contributed by atoms with van der Waals surface area (Å²) in [6, 6.07) is 3.55. The van der Waals surface area contributed by atoms with Crippen LogP contribution in [0.1, 0.15) is 36.0 Å². The highest BCUT2D eigenvalue weighted by Crippen LogP contribution is 2.24. The maximum Gasteiger partial charge on any atom is 0.283 e. The van der Waals surface area contributed by atoms with Crippen LogP contribution >= 0.6 is 11.6 Å². The summed E-state index contributed by atoms with van der Waals surface area (Å²) >= 11 is 5.70. The highest BCUT2D eigenvalue weighted by molar-refractivity contribution is 6.31. The van der Waals surface area contributed by atoms with E-state index in [0.29, 0.717) is 12.8 Å². The fraction of sp³-hybridized carbons (Fsp3) is 0.462. The van der Waals surface area contributed by atoms with E-state index in [1.807, 2.05) is 0 Å². The standard InChI is InChI=1S/C13H15ClN2O4/c14-8-5-6-9(11(7-8)16(19)20)13(18)15-10-3-1-2-4-12(10)17/h5-7,10,12,17H,1-4H2,(H,15,18). The second-order valence-corrected chi connectivity index (χ2v) is 5.29. The molecule has 0 radical (unpaired) electrons. The van der Waals surface area contributed by atoms with Gasteiger partial charge in [-0.3, -0.25) is 14.9 Å². The predicted molar refractivity (Wildman–Crippen MR) is 73.8 cm³/mol. The van der Waals surface area contributed by atoms with Crippen molar-refractivity contribution in [3.05, 3.63) is 38.9 Å². The number of nitro groups is 1. The fourth-order valence-electron chi connectivity index (χ4n) is 2.37. The van der Waals surface area contributed by atoms with Crippen molar-refractivity contribution in [2.45, 2.75) is 37.8 Å². The second-order valence-electron chi connectivity index (χ2n) is 4.85. The Morgan fingerprint density at radius 1 is 1.40 bits per heavy atom. The summed E-state index contributed by atoms with van der Waals surface area (Å²) < 4.78 is 0. The summed E-state index contributed by atoms with van der Waals surface area (Å²) in [7, 11) is 0. The number of carbonyl (C=O) groups excluding carboxylic acids is 1. The molecule has 6 nitrogen and oxygen atoms in total. The van der Waals surface area contributed by atoms with Gasteiger partial charge in [-0.05, 0) is 25.0 Å².